The quantitative estimate of drug-likeness (QED) is 0.156. The maximum Gasteiger partial charge on any atom is 0.415 e. The van der Waals surface area contributed by atoms with E-state index in [0.717, 1.165) is 4.57 Å². The summed E-state index contributed by atoms with van der Waals surface area (Å²) in [4.78, 5) is 65.7. The number of alkyl halides is 3. The van der Waals surface area contributed by atoms with Crippen LogP contribution in [0.25, 0.3) is 11.3 Å². The number of amides is 4. The Hall–Kier alpha value is -4.96. The van der Waals surface area contributed by atoms with Crippen LogP contribution in [0.4, 0.5) is 23.7 Å². The van der Waals surface area contributed by atoms with Crippen LogP contribution in [0, 0.1) is 5.92 Å². The summed E-state index contributed by atoms with van der Waals surface area (Å²) in [5.74, 6) is -3.56. The van der Waals surface area contributed by atoms with Crippen LogP contribution in [-0.4, -0.2) is 61.6 Å². The number of ether oxygens (including phenoxy) is 1. The highest BCUT2D eigenvalue weighted by molar-refractivity contribution is 6.74. The van der Waals surface area contributed by atoms with Gasteiger partial charge in [0, 0.05) is 0 Å². The molecule has 0 bridgehead atoms. The van der Waals surface area contributed by atoms with Crippen molar-refractivity contribution >= 4 is 37.8 Å². The summed E-state index contributed by atoms with van der Waals surface area (Å²) in [6.45, 7) is 10.2. The van der Waals surface area contributed by atoms with E-state index in [2.05, 4.69) is 16.0 Å². The number of nitrogens with one attached hydrogen (secondary N) is 3. The number of primary amides is 1. The molecule has 0 spiro atoms. The molecule has 52 heavy (non-hydrogen) atoms. The smallest absolute Gasteiger partial charge is 0.415 e. The van der Waals surface area contributed by atoms with Gasteiger partial charge in [-0.25, -0.2) is 4.79 Å². The number of benzene rings is 2. The molecule has 0 radical (unpaired) electrons. The SMILES string of the molecule is CC(C)C(NC(=O)Cn1c(-c2ccccc2)cc(C(=O)NCC(N)=O)c(NC(=O)OCc2ccccc2)c1=O)C(O[Si](C)(C)C(C)(C)C)C(F)(F)F. The van der Waals surface area contributed by atoms with Crippen molar-refractivity contribution in [3.63, 3.8) is 0 Å². The molecule has 282 valence electrons. The summed E-state index contributed by atoms with van der Waals surface area (Å²) in [7, 11) is -3.00. The van der Waals surface area contributed by atoms with E-state index in [0.29, 0.717) is 11.1 Å². The van der Waals surface area contributed by atoms with Gasteiger partial charge in [-0.1, -0.05) is 95.3 Å². The van der Waals surface area contributed by atoms with Crippen molar-refractivity contribution in [2.75, 3.05) is 11.9 Å². The Morgan fingerprint density at radius 1 is 0.942 bits per heavy atom. The molecule has 3 rings (SSSR count). The summed E-state index contributed by atoms with van der Waals surface area (Å²) in [5.41, 5.74) is 4.13. The van der Waals surface area contributed by atoms with Crippen LogP contribution in [0.15, 0.2) is 71.5 Å². The normalized spacial score (nSPS) is 13.2. The van der Waals surface area contributed by atoms with E-state index in [9.17, 15) is 37.1 Å². The van der Waals surface area contributed by atoms with Gasteiger partial charge in [-0.15, -0.1) is 0 Å². The van der Waals surface area contributed by atoms with Gasteiger partial charge in [-0.2, -0.15) is 13.2 Å². The van der Waals surface area contributed by atoms with Crippen molar-refractivity contribution in [2.45, 2.75) is 84.2 Å². The van der Waals surface area contributed by atoms with Gasteiger partial charge in [-0.3, -0.25) is 29.1 Å². The maximum atomic E-state index is 14.6. The van der Waals surface area contributed by atoms with E-state index in [1.165, 1.54) is 19.9 Å². The van der Waals surface area contributed by atoms with Crippen molar-refractivity contribution in [3.8, 4) is 11.3 Å². The topological polar surface area (TPSA) is 171 Å². The first-order chi connectivity index (χ1) is 24.1. The second-order valence-corrected chi connectivity index (χ2v) is 18.8. The average molecular weight is 746 g/mol. The van der Waals surface area contributed by atoms with Crippen LogP contribution < -0.4 is 27.2 Å². The van der Waals surface area contributed by atoms with Crippen molar-refractivity contribution in [1.29, 1.82) is 0 Å². The van der Waals surface area contributed by atoms with Crippen molar-refractivity contribution in [2.24, 2.45) is 11.7 Å². The highest BCUT2D eigenvalue weighted by atomic mass is 28.4. The lowest BCUT2D eigenvalue weighted by molar-refractivity contribution is -0.210. The highest BCUT2D eigenvalue weighted by Crippen LogP contribution is 2.41. The molecule has 0 aliphatic heterocycles. The number of hydrogen-bond donors (Lipinski definition) is 4. The van der Waals surface area contributed by atoms with Gasteiger partial charge >= 0.3 is 12.3 Å². The predicted octanol–water partition coefficient (Wildman–Crippen LogP) is 5.57. The van der Waals surface area contributed by atoms with Gasteiger partial charge in [0.15, 0.2) is 14.4 Å². The molecule has 3 aromatic rings. The number of anilines is 1. The molecule has 16 heteroatoms. The molecule has 12 nitrogen and oxygen atoms in total. The minimum Gasteiger partial charge on any atom is -0.444 e. The number of nitrogens with two attached hydrogens (primary N) is 1. The minimum absolute atomic E-state index is 0.0131. The summed E-state index contributed by atoms with van der Waals surface area (Å²) >= 11 is 0. The number of pyridine rings is 1. The Balaban J connectivity index is 2.12. The van der Waals surface area contributed by atoms with Crippen LogP contribution in [0.1, 0.15) is 50.5 Å². The third kappa shape index (κ3) is 11.0. The van der Waals surface area contributed by atoms with E-state index in [4.69, 9.17) is 14.9 Å². The maximum absolute atomic E-state index is 14.6. The van der Waals surface area contributed by atoms with Gasteiger partial charge in [0.05, 0.1) is 23.8 Å². The lowest BCUT2D eigenvalue weighted by Gasteiger charge is -2.42. The van der Waals surface area contributed by atoms with Crippen LogP contribution >= 0.6 is 0 Å². The molecule has 1 heterocycles. The molecule has 5 N–H and O–H groups in total. The fraction of sp³-hybridized carbons (Fsp3) is 0.417. The van der Waals surface area contributed by atoms with Crippen LogP contribution in [0.5, 0.6) is 0 Å². The van der Waals surface area contributed by atoms with E-state index in [1.54, 1.807) is 94.5 Å². The number of rotatable bonds is 14. The molecular weight excluding hydrogens is 700 g/mol. The molecule has 0 saturated carbocycles. The zero-order valence-corrected chi connectivity index (χ0v) is 31.2. The van der Waals surface area contributed by atoms with Gasteiger partial charge in [0.2, 0.25) is 11.8 Å². The first-order valence-corrected chi connectivity index (χ1v) is 19.4. The Bertz CT molecular complexity index is 1790. The molecule has 0 fully saturated rings. The monoisotopic (exact) mass is 745 g/mol. The van der Waals surface area contributed by atoms with Crippen LogP contribution in [0.2, 0.25) is 18.1 Å². The largest absolute Gasteiger partial charge is 0.444 e. The lowest BCUT2D eigenvalue weighted by atomic mass is 9.98. The number of nitrogens with zero attached hydrogens (tertiary/aromatic N) is 1. The van der Waals surface area contributed by atoms with Gasteiger partial charge in [0.25, 0.3) is 11.5 Å². The molecule has 0 saturated heterocycles. The summed E-state index contributed by atoms with van der Waals surface area (Å²) in [6, 6.07) is 16.4. The standard InChI is InChI=1S/C36H46F3N5O7Si/c1-22(2)29(31(36(37,38)39)51-52(6,7)35(3,4)5)42-28(46)20-44-26(24-16-12-9-13-17-24)18-25(32(47)41-19-27(40)45)30(33(44)48)43-34(49)50-21-23-14-10-8-11-15-23/h8-18,22,29,31H,19-21H2,1-7H3,(H2,40,45)(H,41,47)(H,42,46)(H,43,49). The summed E-state index contributed by atoms with van der Waals surface area (Å²) in [5, 5.41) is 6.44. The molecule has 2 unspecified atom stereocenters. The number of carbonyl (C=O) groups is 4. The fourth-order valence-electron chi connectivity index (χ4n) is 4.88. The fourth-order valence-corrected chi connectivity index (χ4v) is 6.15. The minimum atomic E-state index is -4.85. The number of carbonyl (C=O) groups excluding carboxylic acids is 4. The molecule has 1 aromatic heterocycles. The molecule has 2 aromatic carbocycles. The molecule has 4 amide bonds. The van der Waals surface area contributed by atoms with Crippen LogP contribution in [-0.2, 0) is 31.9 Å². The zero-order valence-electron chi connectivity index (χ0n) is 30.2. The lowest BCUT2D eigenvalue weighted by Crippen LogP contribution is -2.59. The van der Waals surface area contributed by atoms with Gasteiger partial charge in [0.1, 0.15) is 18.8 Å². The predicted molar refractivity (Wildman–Crippen MR) is 193 cm³/mol. The third-order valence-corrected chi connectivity index (χ3v) is 13.2. The molecule has 0 aliphatic carbocycles. The zero-order chi connectivity index (χ0) is 39.0. The Labute approximate surface area is 301 Å². The van der Waals surface area contributed by atoms with E-state index < -0.39 is 91.3 Å². The highest BCUT2D eigenvalue weighted by Gasteiger charge is 2.52. The Morgan fingerprint density at radius 2 is 1.52 bits per heavy atom. The van der Waals surface area contributed by atoms with E-state index in [1.807, 2.05) is 0 Å². The molecule has 0 aliphatic rings. The Kier molecular flexibility index (Phi) is 13.6. The third-order valence-electron chi connectivity index (χ3n) is 8.70. The van der Waals surface area contributed by atoms with E-state index >= 15 is 0 Å². The van der Waals surface area contributed by atoms with Gasteiger partial charge in [-0.05, 0) is 41.2 Å². The first-order valence-electron chi connectivity index (χ1n) is 16.5. The van der Waals surface area contributed by atoms with Crippen LogP contribution in [0.3, 0.4) is 0 Å². The average Bonchev–Trinajstić information content (AvgIpc) is 3.05. The van der Waals surface area contributed by atoms with Crippen molar-refractivity contribution < 1.29 is 41.5 Å². The second-order valence-electron chi connectivity index (χ2n) is 14.1. The molecule has 2 atom stereocenters. The van der Waals surface area contributed by atoms with Crippen molar-refractivity contribution in [3.05, 3.63) is 88.2 Å². The van der Waals surface area contributed by atoms with Gasteiger partial charge < -0.3 is 25.5 Å². The number of aromatic nitrogens is 1. The van der Waals surface area contributed by atoms with E-state index in [-0.39, 0.29) is 12.3 Å². The Morgan fingerprint density at radius 3 is 2.04 bits per heavy atom. The second kappa shape index (κ2) is 17.0. The number of hydrogen-bond acceptors (Lipinski definition) is 7. The number of halogens is 3. The summed E-state index contributed by atoms with van der Waals surface area (Å²) < 4.78 is 55.9. The van der Waals surface area contributed by atoms with Crippen molar-refractivity contribution in [1.82, 2.24) is 15.2 Å². The first kappa shape index (κ1) is 41.5. The molecular formula is C36H46F3N5O7Si. The summed E-state index contributed by atoms with van der Waals surface area (Å²) in [6.07, 6.45) is -8.32.